The molecule has 0 bridgehead atoms. The third-order valence-electron chi connectivity index (χ3n) is 1.04. The zero-order valence-electron chi connectivity index (χ0n) is 5.83. The van der Waals surface area contributed by atoms with Gasteiger partial charge in [0.1, 0.15) is 6.61 Å². The highest BCUT2D eigenvalue weighted by Gasteiger charge is 1.92. The Hall–Kier alpha value is -0.800. The van der Waals surface area contributed by atoms with Gasteiger partial charge in [0, 0.05) is 12.3 Å². The quantitative estimate of drug-likeness (QED) is 0.745. The summed E-state index contributed by atoms with van der Waals surface area (Å²) < 4.78 is 4.99. The smallest absolute Gasteiger partial charge is 0.213 e. The number of nitrogens with zero attached hydrogens (tertiary/aromatic N) is 1. The van der Waals surface area contributed by atoms with Crippen molar-refractivity contribution in [2.75, 3.05) is 13.2 Å². The second-order valence-corrected chi connectivity index (χ2v) is 2.32. The summed E-state index contributed by atoms with van der Waals surface area (Å²) in [5, 5.41) is 8.97. The number of hydrogen-bond acceptors (Lipinski definition) is 3. The first-order valence-electron chi connectivity index (χ1n) is 3.18. The molecule has 0 unspecified atom stereocenters. The summed E-state index contributed by atoms with van der Waals surface area (Å²) in [6.45, 7) is 0.249. The van der Waals surface area contributed by atoms with Gasteiger partial charge in [0.25, 0.3) is 0 Å². The minimum Gasteiger partial charge on any atom is -0.475 e. The number of aromatic nitrogens is 1. The van der Waals surface area contributed by atoms with E-state index in [0.29, 0.717) is 10.9 Å². The first-order valence-corrected chi connectivity index (χ1v) is 3.56. The van der Waals surface area contributed by atoms with Gasteiger partial charge in [-0.15, -0.1) is 0 Å². The van der Waals surface area contributed by atoms with E-state index in [1.165, 1.54) is 6.20 Å². The van der Waals surface area contributed by atoms with Gasteiger partial charge >= 0.3 is 0 Å². The largest absolute Gasteiger partial charge is 0.475 e. The Balaban J connectivity index is 2.52. The lowest BCUT2D eigenvalue weighted by atomic mass is 10.5. The lowest BCUT2D eigenvalue weighted by molar-refractivity contribution is 0.196. The highest BCUT2D eigenvalue weighted by Crippen LogP contribution is 2.10. The maximum Gasteiger partial charge on any atom is 0.213 e. The molecule has 0 aliphatic carbocycles. The van der Waals surface area contributed by atoms with E-state index in [1.54, 1.807) is 12.1 Å². The summed E-state index contributed by atoms with van der Waals surface area (Å²) in [5.74, 6) is 0.475. The van der Waals surface area contributed by atoms with Crippen LogP contribution in [0.25, 0.3) is 0 Å². The molecule has 0 fully saturated rings. The van der Waals surface area contributed by atoms with Gasteiger partial charge in [0.15, 0.2) is 0 Å². The second-order valence-electron chi connectivity index (χ2n) is 1.89. The lowest BCUT2D eigenvalue weighted by Crippen LogP contribution is -2.02. The number of hydrogen-bond donors (Lipinski definition) is 1. The summed E-state index contributed by atoms with van der Waals surface area (Å²) in [4.78, 5) is 3.85. The van der Waals surface area contributed by atoms with E-state index in [4.69, 9.17) is 21.4 Å². The molecule has 1 aromatic heterocycles. The van der Waals surface area contributed by atoms with Crippen molar-refractivity contribution in [3.63, 3.8) is 0 Å². The molecule has 0 saturated heterocycles. The first-order chi connectivity index (χ1) is 5.33. The van der Waals surface area contributed by atoms with Crippen LogP contribution in [-0.2, 0) is 0 Å². The van der Waals surface area contributed by atoms with E-state index in [2.05, 4.69) is 4.98 Å². The zero-order chi connectivity index (χ0) is 8.10. The Morgan fingerprint density at radius 2 is 2.36 bits per heavy atom. The van der Waals surface area contributed by atoms with Gasteiger partial charge in [-0.3, -0.25) is 0 Å². The van der Waals surface area contributed by atoms with E-state index in [0.717, 1.165) is 0 Å². The summed E-state index contributed by atoms with van der Waals surface area (Å²) >= 11 is 5.58. The third kappa shape index (κ3) is 2.74. The van der Waals surface area contributed by atoms with Gasteiger partial charge in [0.05, 0.1) is 11.6 Å². The van der Waals surface area contributed by atoms with Crippen LogP contribution in [0.3, 0.4) is 0 Å². The molecule has 1 rings (SSSR count). The van der Waals surface area contributed by atoms with Crippen LogP contribution in [0.2, 0.25) is 5.02 Å². The molecular formula is C7H8ClNO2. The van der Waals surface area contributed by atoms with Crippen molar-refractivity contribution < 1.29 is 9.84 Å². The maximum atomic E-state index is 8.40. The second kappa shape index (κ2) is 4.16. The molecule has 0 aliphatic rings. The van der Waals surface area contributed by atoms with Gasteiger partial charge < -0.3 is 9.84 Å². The number of halogens is 1. The fourth-order valence-corrected chi connectivity index (χ4v) is 0.710. The van der Waals surface area contributed by atoms with Gasteiger partial charge in [-0.1, -0.05) is 11.6 Å². The van der Waals surface area contributed by atoms with Crippen molar-refractivity contribution in [2.24, 2.45) is 0 Å². The fourth-order valence-electron chi connectivity index (χ4n) is 0.598. The minimum absolute atomic E-state index is 0.00962. The van der Waals surface area contributed by atoms with Crippen LogP contribution in [0, 0.1) is 0 Å². The van der Waals surface area contributed by atoms with E-state index in [9.17, 15) is 0 Å². The number of aliphatic hydroxyl groups is 1. The number of pyridine rings is 1. The third-order valence-corrected chi connectivity index (χ3v) is 1.27. The molecule has 0 saturated carbocycles. The average molecular weight is 174 g/mol. The van der Waals surface area contributed by atoms with Gasteiger partial charge in [-0.25, -0.2) is 4.98 Å². The highest BCUT2D eigenvalue weighted by molar-refractivity contribution is 6.30. The van der Waals surface area contributed by atoms with Gasteiger partial charge in [-0.2, -0.15) is 0 Å². The summed E-state index contributed by atoms with van der Waals surface area (Å²) in [6, 6.07) is 3.33. The normalized spacial score (nSPS) is 9.64. The zero-order valence-corrected chi connectivity index (χ0v) is 6.58. The Morgan fingerprint density at radius 1 is 1.55 bits per heavy atom. The summed E-state index contributed by atoms with van der Waals surface area (Å²) in [6.07, 6.45) is 1.49. The molecule has 3 nitrogen and oxygen atoms in total. The molecule has 60 valence electrons. The van der Waals surface area contributed by atoms with Crippen LogP contribution >= 0.6 is 11.6 Å². The van der Waals surface area contributed by atoms with Crippen LogP contribution in [-0.4, -0.2) is 23.3 Å². The van der Waals surface area contributed by atoms with E-state index >= 15 is 0 Å². The first kappa shape index (κ1) is 8.30. The molecule has 1 aromatic rings. The van der Waals surface area contributed by atoms with Crippen molar-refractivity contribution >= 4 is 11.6 Å². The van der Waals surface area contributed by atoms with E-state index in [-0.39, 0.29) is 13.2 Å². The van der Waals surface area contributed by atoms with Crippen molar-refractivity contribution in [1.29, 1.82) is 0 Å². The van der Waals surface area contributed by atoms with Gasteiger partial charge in [-0.05, 0) is 6.07 Å². The number of rotatable bonds is 3. The molecule has 0 radical (unpaired) electrons. The van der Waals surface area contributed by atoms with Crippen molar-refractivity contribution in [1.82, 2.24) is 4.98 Å². The van der Waals surface area contributed by atoms with Crippen molar-refractivity contribution in [2.45, 2.75) is 0 Å². The molecule has 0 aromatic carbocycles. The predicted molar refractivity (Wildman–Crippen MR) is 41.8 cm³/mol. The highest BCUT2D eigenvalue weighted by atomic mass is 35.5. The Bertz CT molecular complexity index is 212. The number of ether oxygens (including phenoxy) is 1. The Morgan fingerprint density at radius 3 is 2.91 bits per heavy atom. The Labute approximate surface area is 69.6 Å². The molecule has 0 amide bonds. The molecule has 0 spiro atoms. The fraction of sp³-hybridized carbons (Fsp3) is 0.286. The standard InChI is InChI=1S/C7H8ClNO2/c8-6-1-2-7(9-5-6)11-4-3-10/h1-2,5,10H,3-4H2. The summed E-state index contributed by atoms with van der Waals surface area (Å²) in [5.41, 5.74) is 0. The molecular weight excluding hydrogens is 166 g/mol. The molecule has 11 heavy (non-hydrogen) atoms. The molecule has 0 atom stereocenters. The predicted octanol–water partition coefficient (Wildman–Crippen LogP) is 1.11. The maximum absolute atomic E-state index is 8.40. The molecule has 1 N–H and O–H groups in total. The van der Waals surface area contributed by atoms with Crippen LogP contribution in [0.4, 0.5) is 0 Å². The molecule has 0 aliphatic heterocycles. The van der Waals surface area contributed by atoms with Gasteiger partial charge in [0.2, 0.25) is 5.88 Å². The van der Waals surface area contributed by atoms with Crippen LogP contribution in [0.5, 0.6) is 5.88 Å². The van der Waals surface area contributed by atoms with E-state index in [1.807, 2.05) is 0 Å². The average Bonchev–Trinajstić information content (AvgIpc) is 2.04. The topological polar surface area (TPSA) is 42.4 Å². The molecule has 1 heterocycles. The SMILES string of the molecule is OCCOc1ccc(Cl)cn1. The van der Waals surface area contributed by atoms with Crippen LogP contribution in [0.15, 0.2) is 18.3 Å². The summed E-state index contributed by atoms with van der Waals surface area (Å²) in [7, 11) is 0. The Kier molecular flexibility index (Phi) is 3.14. The lowest BCUT2D eigenvalue weighted by Gasteiger charge is -2.00. The van der Waals surface area contributed by atoms with Crippen molar-refractivity contribution in [3.05, 3.63) is 23.4 Å². The molecule has 4 heteroatoms. The van der Waals surface area contributed by atoms with Crippen molar-refractivity contribution in [3.8, 4) is 5.88 Å². The van der Waals surface area contributed by atoms with Crippen LogP contribution in [0.1, 0.15) is 0 Å². The van der Waals surface area contributed by atoms with Crippen LogP contribution < -0.4 is 4.74 Å². The monoisotopic (exact) mass is 173 g/mol. The van der Waals surface area contributed by atoms with E-state index < -0.39 is 0 Å². The number of aliphatic hydroxyl groups excluding tert-OH is 1. The minimum atomic E-state index is -0.00962.